The first-order chi connectivity index (χ1) is 11.7. The van der Waals surface area contributed by atoms with Crippen LogP contribution in [0.3, 0.4) is 0 Å². The molecule has 1 aromatic carbocycles. The molecule has 1 N–H and O–H groups in total. The van der Waals surface area contributed by atoms with Gasteiger partial charge in [0.2, 0.25) is 5.91 Å². The molecule has 1 unspecified atom stereocenters. The highest BCUT2D eigenvalue weighted by Gasteiger charge is 2.12. The Morgan fingerprint density at radius 3 is 2.79 bits per heavy atom. The number of benzene rings is 1. The highest BCUT2D eigenvalue weighted by atomic mass is 16.5. The second-order valence-corrected chi connectivity index (χ2v) is 5.34. The zero-order valence-corrected chi connectivity index (χ0v) is 14.3. The summed E-state index contributed by atoms with van der Waals surface area (Å²) < 4.78 is 12.4. The van der Waals surface area contributed by atoms with Crippen LogP contribution in [0.1, 0.15) is 19.5 Å². The fourth-order valence-corrected chi connectivity index (χ4v) is 2.18. The van der Waals surface area contributed by atoms with E-state index in [1.165, 1.54) is 0 Å². The fraction of sp³-hybridized carbons (Fsp3) is 0.444. The quantitative estimate of drug-likeness (QED) is 0.676. The molecule has 6 nitrogen and oxygen atoms in total. The van der Waals surface area contributed by atoms with E-state index < -0.39 is 6.10 Å². The van der Waals surface area contributed by atoms with Crippen molar-refractivity contribution in [3.63, 3.8) is 0 Å². The summed E-state index contributed by atoms with van der Waals surface area (Å²) in [6.45, 7) is 5.78. The molecule has 1 atom stereocenters. The number of para-hydroxylation sites is 1. The Hall–Kier alpha value is -2.18. The first-order valence-electron chi connectivity index (χ1n) is 8.27. The normalized spacial score (nSPS) is 12.1. The van der Waals surface area contributed by atoms with Gasteiger partial charge in [-0.25, -0.2) is 4.68 Å². The van der Waals surface area contributed by atoms with Crippen LogP contribution in [0.15, 0.2) is 42.6 Å². The molecule has 0 fully saturated rings. The minimum absolute atomic E-state index is 0.117. The van der Waals surface area contributed by atoms with E-state index in [1.54, 1.807) is 6.92 Å². The molecule has 0 aliphatic heterocycles. The number of carbonyl (C=O) groups excluding carboxylic acids is 1. The Bertz CT molecular complexity index is 613. The van der Waals surface area contributed by atoms with Crippen molar-refractivity contribution in [2.45, 2.75) is 26.4 Å². The van der Waals surface area contributed by atoms with E-state index in [2.05, 4.69) is 10.4 Å². The van der Waals surface area contributed by atoms with Gasteiger partial charge < -0.3 is 14.8 Å². The minimum atomic E-state index is -0.479. The lowest BCUT2D eigenvalue weighted by Gasteiger charge is -2.13. The van der Waals surface area contributed by atoms with Crippen molar-refractivity contribution in [1.29, 1.82) is 0 Å². The van der Waals surface area contributed by atoms with Crippen molar-refractivity contribution in [2.75, 3.05) is 26.4 Å². The van der Waals surface area contributed by atoms with Crippen LogP contribution in [-0.2, 0) is 20.7 Å². The number of nitrogens with zero attached hydrogens (tertiary/aromatic N) is 2. The molecule has 1 aromatic heterocycles. The molecule has 0 saturated heterocycles. The molecule has 1 amide bonds. The number of aromatic nitrogens is 2. The summed E-state index contributed by atoms with van der Waals surface area (Å²) in [6.07, 6.45) is 2.12. The van der Waals surface area contributed by atoms with Gasteiger partial charge in [-0.05, 0) is 32.0 Å². The van der Waals surface area contributed by atoms with Crippen LogP contribution in [0.2, 0.25) is 0 Å². The van der Waals surface area contributed by atoms with Crippen molar-refractivity contribution in [3.05, 3.63) is 48.3 Å². The summed E-state index contributed by atoms with van der Waals surface area (Å²) >= 11 is 0. The summed E-state index contributed by atoms with van der Waals surface area (Å²) in [4.78, 5) is 11.9. The average Bonchev–Trinajstić information content (AvgIpc) is 3.08. The van der Waals surface area contributed by atoms with Crippen LogP contribution in [0.5, 0.6) is 0 Å². The lowest BCUT2D eigenvalue weighted by molar-refractivity contribution is -0.132. The summed E-state index contributed by atoms with van der Waals surface area (Å²) in [7, 11) is 0. The molecule has 0 bridgehead atoms. The highest BCUT2D eigenvalue weighted by Crippen LogP contribution is 2.07. The zero-order chi connectivity index (χ0) is 17.2. The van der Waals surface area contributed by atoms with Crippen LogP contribution >= 0.6 is 0 Å². The maximum absolute atomic E-state index is 11.9. The number of rotatable bonds is 10. The van der Waals surface area contributed by atoms with E-state index in [4.69, 9.17) is 9.47 Å². The predicted octanol–water partition coefficient (Wildman–Crippen LogP) is 1.97. The number of carbonyl (C=O) groups is 1. The van der Waals surface area contributed by atoms with Crippen LogP contribution in [0.4, 0.5) is 0 Å². The van der Waals surface area contributed by atoms with Crippen molar-refractivity contribution in [2.24, 2.45) is 0 Å². The Morgan fingerprint density at radius 1 is 1.25 bits per heavy atom. The second-order valence-electron chi connectivity index (χ2n) is 5.34. The summed E-state index contributed by atoms with van der Waals surface area (Å²) in [5, 5.41) is 7.38. The smallest absolute Gasteiger partial charge is 0.248 e. The summed E-state index contributed by atoms with van der Waals surface area (Å²) in [5.74, 6) is -0.117. The second kappa shape index (κ2) is 9.85. The standard InChI is InChI=1S/C18H25N3O3/c1-3-23-13-14-24-15(2)18(22)19-11-9-16-10-12-21(20-16)17-7-5-4-6-8-17/h4-8,10,12,15H,3,9,11,13-14H2,1-2H3,(H,19,22). The van der Waals surface area contributed by atoms with Gasteiger partial charge in [0.15, 0.2) is 0 Å². The fourth-order valence-electron chi connectivity index (χ4n) is 2.18. The lowest BCUT2D eigenvalue weighted by atomic mass is 10.3. The molecular weight excluding hydrogens is 306 g/mol. The van der Waals surface area contributed by atoms with E-state index in [-0.39, 0.29) is 5.91 Å². The molecule has 130 valence electrons. The Morgan fingerprint density at radius 2 is 2.04 bits per heavy atom. The van der Waals surface area contributed by atoms with Gasteiger partial charge in [-0.3, -0.25) is 4.79 Å². The Balaban J connectivity index is 1.70. The molecule has 0 saturated carbocycles. The van der Waals surface area contributed by atoms with E-state index in [9.17, 15) is 4.79 Å². The van der Waals surface area contributed by atoms with Gasteiger partial charge in [0.1, 0.15) is 6.10 Å². The summed E-state index contributed by atoms with van der Waals surface area (Å²) in [5.41, 5.74) is 1.95. The molecule has 0 aliphatic rings. The van der Waals surface area contributed by atoms with E-state index in [1.807, 2.05) is 54.2 Å². The van der Waals surface area contributed by atoms with E-state index in [0.717, 1.165) is 11.4 Å². The number of nitrogens with one attached hydrogen (secondary N) is 1. The molecule has 1 heterocycles. The Labute approximate surface area is 142 Å². The summed E-state index contributed by atoms with van der Waals surface area (Å²) in [6, 6.07) is 11.9. The topological polar surface area (TPSA) is 65.4 Å². The van der Waals surface area contributed by atoms with Crippen LogP contribution in [0.25, 0.3) is 5.69 Å². The van der Waals surface area contributed by atoms with Crippen LogP contribution in [-0.4, -0.2) is 48.2 Å². The number of hydrogen-bond acceptors (Lipinski definition) is 4. The third kappa shape index (κ3) is 5.79. The first kappa shape index (κ1) is 18.2. The van der Waals surface area contributed by atoms with Crippen LogP contribution in [0, 0.1) is 0 Å². The van der Waals surface area contributed by atoms with Gasteiger partial charge in [-0.1, -0.05) is 18.2 Å². The number of hydrogen-bond donors (Lipinski definition) is 1. The minimum Gasteiger partial charge on any atom is -0.379 e. The predicted molar refractivity (Wildman–Crippen MR) is 92.2 cm³/mol. The maximum Gasteiger partial charge on any atom is 0.248 e. The monoisotopic (exact) mass is 331 g/mol. The molecule has 0 aliphatic carbocycles. The molecule has 0 radical (unpaired) electrons. The third-order valence-corrected chi connectivity index (χ3v) is 3.51. The molecule has 6 heteroatoms. The molecule has 2 rings (SSSR count). The van der Waals surface area contributed by atoms with Gasteiger partial charge in [0.05, 0.1) is 24.6 Å². The third-order valence-electron chi connectivity index (χ3n) is 3.51. The SMILES string of the molecule is CCOCCOC(C)C(=O)NCCc1ccn(-c2ccccc2)n1. The average molecular weight is 331 g/mol. The lowest BCUT2D eigenvalue weighted by Crippen LogP contribution is -2.36. The highest BCUT2D eigenvalue weighted by molar-refractivity contribution is 5.80. The van der Waals surface area contributed by atoms with Gasteiger partial charge in [-0.15, -0.1) is 0 Å². The van der Waals surface area contributed by atoms with Crippen LogP contribution < -0.4 is 5.32 Å². The Kier molecular flexibility index (Phi) is 7.45. The van der Waals surface area contributed by atoms with Crippen molar-refractivity contribution in [1.82, 2.24) is 15.1 Å². The van der Waals surface area contributed by atoms with Gasteiger partial charge >= 0.3 is 0 Å². The molecule has 0 spiro atoms. The zero-order valence-electron chi connectivity index (χ0n) is 14.3. The van der Waals surface area contributed by atoms with Crippen molar-refractivity contribution in [3.8, 4) is 5.69 Å². The first-order valence-corrected chi connectivity index (χ1v) is 8.27. The van der Waals surface area contributed by atoms with Gasteiger partial charge in [0.25, 0.3) is 0 Å². The van der Waals surface area contributed by atoms with Gasteiger partial charge in [0, 0.05) is 25.8 Å². The maximum atomic E-state index is 11.9. The van der Waals surface area contributed by atoms with E-state index in [0.29, 0.717) is 32.8 Å². The molecule has 2 aromatic rings. The molecular formula is C18H25N3O3. The molecule has 24 heavy (non-hydrogen) atoms. The van der Waals surface area contributed by atoms with Crippen molar-refractivity contribution < 1.29 is 14.3 Å². The van der Waals surface area contributed by atoms with Crippen molar-refractivity contribution >= 4 is 5.91 Å². The largest absolute Gasteiger partial charge is 0.379 e. The number of ether oxygens (including phenoxy) is 2. The van der Waals surface area contributed by atoms with Gasteiger partial charge in [-0.2, -0.15) is 5.10 Å². The number of amides is 1. The van der Waals surface area contributed by atoms with E-state index >= 15 is 0 Å².